The zero-order valence-corrected chi connectivity index (χ0v) is 17.0. The minimum Gasteiger partial charge on any atom is -0.497 e. The molecule has 2 fully saturated rings. The number of amides is 1. The molecule has 0 aromatic heterocycles. The number of nitrogens with one attached hydrogen (secondary N) is 1. The molecule has 1 aliphatic heterocycles. The molecule has 0 bridgehead atoms. The second kappa shape index (κ2) is 8.61. The Hall–Kier alpha value is -1.60. The molecule has 1 aromatic carbocycles. The molecular weight excluding hydrogens is 364 g/mol. The van der Waals surface area contributed by atoms with Crippen LogP contribution in [-0.2, 0) is 14.8 Å². The summed E-state index contributed by atoms with van der Waals surface area (Å²) in [6.07, 6.45) is 5.99. The molecule has 3 atom stereocenters. The van der Waals surface area contributed by atoms with Gasteiger partial charge in [-0.05, 0) is 55.9 Å². The summed E-state index contributed by atoms with van der Waals surface area (Å²) in [5.74, 6) is 0.834. The predicted molar refractivity (Wildman–Crippen MR) is 104 cm³/mol. The summed E-state index contributed by atoms with van der Waals surface area (Å²) >= 11 is 0. The first-order chi connectivity index (χ1) is 12.9. The molecule has 2 aliphatic rings. The summed E-state index contributed by atoms with van der Waals surface area (Å²) in [7, 11) is -2.05. The molecule has 1 heterocycles. The van der Waals surface area contributed by atoms with Gasteiger partial charge in [-0.3, -0.25) is 4.79 Å². The minimum absolute atomic E-state index is 0.00313. The molecule has 0 unspecified atom stereocenters. The normalized spacial score (nSPS) is 27.1. The molecule has 3 rings (SSSR count). The highest BCUT2D eigenvalue weighted by molar-refractivity contribution is 7.89. The number of ether oxygens (including phenoxy) is 1. The van der Waals surface area contributed by atoms with Crippen LogP contribution >= 0.6 is 0 Å². The summed E-state index contributed by atoms with van der Waals surface area (Å²) in [6, 6.07) is 6.62. The molecule has 6 nitrogen and oxygen atoms in total. The van der Waals surface area contributed by atoms with Crippen LogP contribution in [-0.4, -0.2) is 44.9 Å². The highest BCUT2D eigenvalue weighted by atomic mass is 32.2. The van der Waals surface area contributed by atoms with Crippen molar-refractivity contribution in [3.8, 4) is 5.75 Å². The van der Waals surface area contributed by atoms with E-state index >= 15 is 0 Å². The summed E-state index contributed by atoms with van der Waals surface area (Å²) in [4.78, 5) is 13.0. The van der Waals surface area contributed by atoms with Gasteiger partial charge in [-0.2, -0.15) is 4.31 Å². The number of methoxy groups -OCH3 is 1. The standard InChI is InChI=1S/C20H30N2O4S/c1-15-6-3-4-8-19(15)21-20(23)16-7-5-13-22(14-16)27(24,25)18-11-9-17(26-2)10-12-18/h9-12,15-16,19H,3-8,13-14H2,1-2H3,(H,21,23)/t15-,16+,19+/m0/s1. The smallest absolute Gasteiger partial charge is 0.243 e. The Morgan fingerprint density at radius 1 is 1.11 bits per heavy atom. The first-order valence-corrected chi connectivity index (χ1v) is 11.3. The summed E-state index contributed by atoms with van der Waals surface area (Å²) in [6.45, 7) is 2.89. The van der Waals surface area contributed by atoms with Gasteiger partial charge in [-0.25, -0.2) is 8.42 Å². The maximum absolute atomic E-state index is 13.0. The van der Waals surface area contributed by atoms with Gasteiger partial charge in [0.25, 0.3) is 0 Å². The monoisotopic (exact) mass is 394 g/mol. The number of carbonyl (C=O) groups excluding carboxylic acids is 1. The third kappa shape index (κ3) is 4.63. The Morgan fingerprint density at radius 2 is 1.81 bits per heavy atom. The molecule has 0 radical (unpaired) electrons. The van der Waals surface area contributed by atoms with E-state index in [0.29, 0.717) is 24.6 Å². The third-order valence-corrected chi connectivity index (χ3v) is 7.77. The second-order valence-corrected chi connectivity index (χ2v) is 9.69. The molecular formula is C20H30N2O4S. The Morgan fingerprint density at radius 3 is 2.48 bits per heavy atom. The molecule has 0 spiro atoms. The zero-order chi connectivity index (χ0) is 19.4. The number of benzene rings is 1. The number of carbonyl (C=O) groups is 1. The van der Waals surface area contributed by atoms with Gasteiger partial charge in [-0.15, -0.1) is 0 Å². The highest BCUT2D eigenvalue weighted by Crippen LogP contribution is 2.27. The van der Waals surface area contributed by atoms with Gasteiger partial charge < -0.3 is 10.1 Å². The van der Waals surface area contributed by atoms with E-state index in [0.717, 1.165) is 25.7 Å². The average molecular weight is 395 g/mol. The van der Waals surface area contributed by atoms with E-state index in [1.165, 1.54) is 10.7 Å². The van der Waals surface area contributed by atoms with E-state index in [1.807, 2.05) is 0 Å². The van der Waals surface area contributed by atoms with E-state index in [-0.39, 0.29) is 29.3 Å². The van der Waals surface area contributed by atoms with E-state index in [9.17, 15) is 13.2 Å². The maximum atomic E-state index is 13.0. The number of hydrogen-bond donors (Lipinski definition) is 1. The van der Waals surface area contributed by atoms with Crippen molar-refractivity contribution in [1.29, 1.82) is 0 Å². The SMILES string of the molecule is COc1ccc(S(=O)(=O)N2CCC[C@@H](C(=O)N[C@@H]3CCCC[C@@H]3C)C2)cc1. The van der Waals surface area contributed by atoms with Gasteiger partial charge in [-0.1, -0.05) is 19.8 Å². The molecule has 150 valence electrons. The molecule has 27 heavy (non-hydrogen) atoms. The lowest BCUT2D eigenvalue weighted by atomic mass is 9.85. The summed E-state index contributed by atoms with van der Waals surface area (Å²) in [5, 5.41) is 3.19. The maximum Gasteiger partial charge on any atom is 0.243 e. The lowest BCUT2D eigenvalue weighted by Gasteiger charge is -2.34. The van der Waals surface area contributed by atoms with Crippen LogP contribution in [0.15, 0.2) is 29.2 Å². The van der Waals surface area contributed by atoms with Gasteiger partial charge in [0.05, 0.1) is 17.9 Å². The first kappa shape index (κ1) is 20.1. The van der Waals surface area contributed by atoms with Crippen molar-refractivity contribution in [2.24, 2.45) is 11.8 Å². The highest BCUT2D eigenvalue weighted by Gasteiger charge is 2.34. The quantitative estimate of drug-likeness (QED) is 0.833. The van der Waals surface area contributed by atoms with Crippen LogP contribution in [0.3, 0.4) is 0 Å². The van der Waals surface area contributed by atoms with Crippen LogP contribution < -0.4 is 10.1 Å². The van der Waals surface area contributed by atoms with Crippen LogP contribution in [0.5, 0.6) is 5.75 Å². The first-order valence-electron chi connectivity index (χ1n) is 9.86. The van der Waals surface area contributed by atoms with Crippen molar-refractivity contribution >= 4 is 15.9 Å². The molecule has 1 saturated carbocycles. The molecule has 1 aromatic rings. The van der Waals surface area contributed by atoms with E-state index in [4.69, 9.17) is 4.74 Å². The molecule has 1 N–H and O–H groups in total. The van der Waals surface area contributed by atoms with Crippen LogP contribution in [0.4, 0.5) is 0 Å². The second-order valence-electron chi connectivity index (χ2n) is 7.75. The van der Waals surface area contributed by atoms with E-state index in [1.54, 1.807) is 31.4 Å². The average Bonchev–Trinajstić information content (AvgIpc) is 2.70. The fraction of sp³-hybridized carbons (Fsp3) is 0.650. The predicted octanol–water partition coefficient (Wildman–Crippen LogP) is 2.79. The fourth-order valence-corrected chi connectivity index (χ4v) is 5.63. The summed E-state index contributed by atoms with van der Waals surface area (Å²) in [5.41, 5.74) is 0. The number of piperidine rings is 1. The van der Waals surface area contributed by atoms with Crippen LogP contribution in [0.25, 0.3) is 0 Å². The topological polar surface area (TPSA) is 75.7 Å². The number of nitrogens with zero attached hydrogens (tertiary/aromatic N) is 1. The zero-order valence-electron chi connectivity index (χ0n) is 16.2. The van der Waals surface area contributed by atoms with Crippen molar-refractivity contribution in [3.63, 3.8) is 0 Å². The summed E-state index contributed by atoms with van der Waals surface area (Å²) < 4.78 is 32.4. The number of rotatable bonds is 5. The van der Waals surface area contributed by atoms with Gasteiger partial charge in [0.15, 0.2) is 0 Å². The minimum atomic E-state index is -3.60. The largest absolute Gasteiger partial charge is 0.497 e. The Labute approximate surface area is 162 Å². The van der Waals surface area contributed by atoms with Crippen molar-refractivity contribution < 1.29 is 17.9 Å². The van der Waals surface area contributed by atoms with Gasteiger partial charge >= 0.3 is 0 Å². The van der Waals surface area contributed by atoms with Crippen molar-refractivity contribution in [2.75, 3.05) is 20.2 Å². The fourth-order valence-electron chi connectivity index (χ4n) is 4.10. The van der Waals surface area contributed by atoms with E-state index in [2.05, 4.69) is 12.2 Å². The van der Waals surface area contributed by atoms with Crippen molar-refractivity contribution in [1.82, 2.24) is 9.62 Å². The third-order valence-electron chi connectivity index (χ3n) is 5.89. The molecule has 7 heteroatoms. The van der Waals surface area contributed by atoms with Gasteiger partial charge in [0.2, 0.25) is 15.9 Å². The number of sulfonamides is 1. The van der Waals surface area contributed by atoms with Crippen LogP contribution in [0.1, 0.15) is 45.4 Å². The number of hydrogen-bond acceptors (Lipinski definition) is 4. The van der Waals surface area contributed by atoms with E-state index < -0.39 is 10.0 Å². The van der Waals surface area contributed by atoms with Gasteiger partial charge in [0, 0.05) is 19.1 Å². The van der Waals surface area contributed by atoms with Crippen LogP contribution in [0, 0.1) is 11.8 Å². The lowest BCUT2D eigenvalue weighted by Crippen LogP contribution is -2.49. The van der Waals surface area contributed by atoms with Crippen molar-refractivity contribution in [3.05, 3.63) is 24.3 Å². The van der Waals surface area contributed by atoms with Crippen LogP contribution in [0.2, 0.25) is 0 Å². The Bertz CT molecular complexity index is 748. The van der Waals surface area contributed by atoms with Gasteiger partial charge in [0.1, 0.15) is 5.75 Å². The lowest BCUT2D eigenvalue weighted by molar-refractivity contribution is -0.127. The molecule has 1 saturated heterocycles. The Kier molecular flexibility index (Phi) is 6.42. The Balaban J connectivity index is 1.66. The molecule has 1 aliphatic carbocycles. The van der Waals surface area contributed by atoms with Crippen molar-refractivity contribution in [2.45, 2.75) is 56.4 Å². The molecule has 1 amide bonds.